The van der Waals surface area contributed by atoms with E-state index in [0.29, 0.717) is 31.6 Å². The SMILES string of the molecule is CCOC(=O)C1CCN(S(=O)(=O)c2cccc(C(=O)CNCC(c3ccc(OC)cc3)N3CCCCC3)c2)CC1. The summed E-state index contributed by atoms with van der Waals surface area (Å²) in [6.45, 7) is 5.30. The van der Waals surface area contributed by atoms with Gasteiger partial charge in [0.05, 0.1) is 31.1 Å². The number of hydrogen-bond acceptors (Lipinski definition) is 8. The Balaban J connectivity index is 1.37. The maximum absolute atomic E-state index is 13.3. The summed E-state index contributed by atoms with van der Waals surface area (Å²) >= 11 is 0. The summed E-state index contributed by atoms with van der Waals surface area (Å²) in [4.78, 5) is 27.7. The van der Waals surface area contributed by atoms with Crippen LogP contribution in [0.15, 0.2) is 53.4 Å². The van der Waals surface area contributed by atoms with Gasteiger partial charge < -0.3 is 14.8 Å². The van der Waals surface area contributed by atoms with Gasteiger partial charge in [0.2, 0.25) is 10.0 Å². The topological polar surface area (TPSA) is 105 Å². The molecule has 2 saturated heterocycles. The first-order valence-electron chi connectivity index (χ1n) is 14.2. The minimum atomic E-state index is -3.78. The zero-order chi connectivity index (χ0) is 28.5. The summed E-state index contributed by atoms with van der Waals surface area (Å²) in [7, 11) is -2.13. The van der Waals surface area contributed by atoms with Gasteiger partial charge in [-0.05, 0) is 75.5 Å². The third kappa shape index (κ3) is 7.48. The smallest absolute Gasteiger partial charge is 0.309 e. The molecule has 0 saturated carbocycles. The van der Waals surface area contributed by atoms with Gasteiger partial charge in [-0.2, -0.15) is 4.31 Å². The van der Waals surface area contributed by atoms with Crippen molar-refractivity contribution >= 4 is 21.8 Å². The molecule has 4 rings (SSSR count). The molecule has 0 aliphatic carbocycles. The first-order valence-corrected chi connectivity index (χ1v) is 15.7. The number of ketones is 1. The summed E-state index contributed by atoms with van der Waals surface area (Å²) in [6, 6.07) is 14.4. The minimum absolute atomic E-state index is 0.0948. The highest BCUT2D eigenvalue weighted by Crippen LogP contribution is 2.27. The number of ether oxygens (including phenoxy) is 2. The molecule has 2 aliphatic heterocycles. The van der Waals surface area contributed by atoms with Crippen molar-refractivity contribution < 1.29 is 27.5 Å². The lowest BCUT2D eigenvalue weighted by Gasteiger charge is -2.35. The molecule has 0 bridgehead atoms. The highest BCUT2D eigenvalue weighted by molar-refractivity contribution is 7.89. The second kappa shape index (κ2) is 14.2. The van der Waals surface area contributed by atoms with Gasteiger partial charge in [0.25, 0.3) is 0 Å². The molecule has 40 heavy (non-hydrogen) atoms. The van der Waals surface area contributed by atoms with Crippen molar-refractivity contribution in [3.8, 4) is 5.75 Å². The number of sulfonamides is 1. The largest absolute Gasteiger partial charge is 0.497 e. The molecular weight excluding hydrogens is 530 g/mol. The lowest BCUT2D eigenvalue weighted by molar-refractivity contribution is -0.149. The summed E-state index contributed by atoms with van der Waals surface area (Å²) < 4.78 is 38.4. The van der Waals surface area contributed by atoms with Crippen molar-refractivity contribution in [3.05, 3.63) is 59.7 Å². The Bertz CT molecular complexity index is 1240. The van der Waals surface area contributed by atoms with Crippen LogP contribution in [0.5, 0.6) is 5.75 Å². The van der Waals surface area contributed by atoms with Gasteiger partial charge in [-0.25, -0.2) is 8.42 Å². The molecule has 9 nitrogen and oxygen atoms in total. The highest BCUT2D eigenvalue weighted by Gasteiger charge is 2.33. The molecule has 1 atom stereocenters. The van der Waals surface area contributed by atoms with Gasteiger partial charge in [-0.15, -0.1) is 0 Å². The molecule has 10 heteroatoms. The molecule has 0 aromatic heterocycles. The first kappa shape index (κ1) is 30.2. The number of benzene rings is 2. The van der Waals surface area contributed by atoms with E-state index in [0.717, 1.165) is 31.7 Å². The van der Waals surface area contributed by atoms with Crippen molar-refractivity contribution in [2.75, 3.05) is 53.0 Å². The van der Waals surface area contributed by atoms with Crippen LogP contribution in [0.25, 0.3) is 0 Å². The summed E-state index contributed by atoms with van der Waals surface area (Å²) in [5.41, 5.74) is 1.52. The van der Waals surface area contributed by atoms with Gasteiger partial charge in [0.15, 0.2) is 5.78 Å². The van der Waals surface area contributed by atoms with Gasteiger partial charge in [-0.3, -0.25) is 14.5 Å². The van der Waals surface area contributed by atoms with Crippen molar-refractivity contribution in [1.82, 2.24) is 14.5 Å². The van der Waals surface area contributed by atoms with E-state index in [1.807, 2.05) is 12.1 Å². The Morgan fingerprint density at radius 1 is 1.00 bits per heavy atom. The molecule has 2 aromatic carbocycles. The van der Waals surface area contributed by atoms with E-state index in [-0.39, 0.29) is 48.2 Å². The number of piperidine rings is 2. The molecular formula is C30H41N3O6S. The number of likely N-dealkylation sites (tertiary alicyclic amines) is 1. The van der Waals surface area contributed by atoms with Crippen LogP contribution < -0.4 is 10.1 Å². The van der Waals surface area contributed by atoms with Crippen molar-refractivity contribution in [1.29, 1.82) is 0 Å². The molecule has 2 heterocycles. The monoisotopic (exact) mass is 571 g/mol. The van der Waals surface area contributed by atoms with E-state index < -0.39 is 10.0 Å². The van der Waals surface area contributed by atoms with Gasteiger partial charge >= 0.3 is 5.97 Å². The van der Waals surface area contributed by atoms with E-state index in [9.17, 15) is 18.0 Å². The van der Waals surface area contributed by atoms with Crippen LogP contribution in [-0.4, -0.2) is 82.4 Å². The van der Waals surface area contributed by atoms with E-state index in [1.54, 1.807) is 26.2 Å². The third-order valence-electron chi connectivity index (χ3n) is 7.82. The summed E-state index contributed by atoms with van der Waals surface area (Å²) in [5.74, 6) is 0.0962. The number of carbonyl (C=O) groups excluding carboxylic acids is 2. The fraction of sp³-hybridized carbons (Fsp3) is 0.533. The van der Waals surface area contributed by atoms with Crippen LogP contribution in [0.4, 0.5) is 0 Å². The third-order valence-corrected chi connectivity index (χ3v) is 9.72. The summed E-state index contributed by atoms with van der Waals surface area (Å²) in [6.07, 6.45) is 4.40. The van der Waals surface area contributed by atoms with Crippen LogP contribution in [0.1, 0.15) is 61.0 Å². The lowest BCUT2D eigenvalue weighted by atomic mass is 9.98. The maximum atomic E-state index is 13.3. The molecule has 0 amide bonds. The van der Waals surface area contributed by atoms with Crippen LogP contribution in [0.2, 0.25) is 0 Å². The van der Waals surface area contributed by atoms with Gasteiger partial charge in [-0.1, -0.05) is 30.7 Å². The quantitative estimate of drug-likeness (QED) is 0.304. The Morgan fingerprint density at radius 3 is 2.35 bits per heavy atom. The standard InChI is InChI=1S/C30H41N3O6S/c1-3-39-30(35)24-14-18-33(19-15-24)40(36,37)27-9-7-8-25(20-27)29(34)22-31-21-28(32-16-5-4-6-17-32)23-10-12-26(38-2)13-11-23/h7-13,20,24,28,31H,3-6,14-19,21-22H2,1-2H3. The van der Waals surface area contributed by atoms with Gasteiger partial charge in [0.1, 0.15) is 5.75 Å². The van der Waals surface area contributed by atoms with Gasteiger partial charge in [0, 0.05) is 31.2 Å². The number of hydrogen-bond donors (Lipinski definition) is 1. The molecule has 2 aliphatic rings. The van der Waals surface area contributed by atoms with Crippen LogP contribution in [0, 0.1) is 5.92 Å². The van der Waals surface area contributed by atoms with Crippen molar-refractivity contribution in [2.45, 2.75) is 50.0 Å². The Hall–Kier alpha value is -2.79. The molecule has 2 aromatic rings. The number of nitrogens with one attached hydrogen (secondary N) is 1. The van der Waals surface area contributed by atoms with Crippen LogP contribution in [0.3, 0.4) is 0 Å². The molecule has 2 fully saturated rings. The second-order valence-electron chi connectivity index (χ2n) is 10.4. The fourth-order valence-electron chi connectivity index (χ4n) is 5.51. The Labute approximate surface area is 237 Å². The lowest BCUT2D eigenvalue weighted by Crippen LogP contribution is -2.40. The second-order valence-corrected chi connectivity index (χ2v) is 12.3. The zero-order valence-electron chi connectivity index (χ0n) is 23.5. The molecule has 1 unspecified atom stereocenters. The van der Waals surface area contributed by atoms with E-state index >= 15 is 0 Å². The van der Waals surface area contributed by atoms with E-state index in [4.69, 9.17) is 9.47 Å². The Morgan fingerprint density at radius 2 is 1.70 bits per heavy atom. The molecule has 0 spiro atoms. The first-order chi connectivity index (χ1) is 19.3. The van der Waals surface area contributed by atoms with Crippen LogP contribution in [-0.2, 0) is 19.6 Å². The number of nitrogens with zero attached hydrogens (tertiary/aromatic N) is 2. The van der Waals surface area contributed by atoms with E-state index in [2.05, 4.69) is 22.3 Å². The Kier molecular flexibility index (Phi) is 10.7. The molecule has 1 N–H and O–H groups in total. The molecule has 0 radical (unpaired) electrons. The highest BCUT2D eigenvalue weighted by atomic mass is 32.2. The number of methoxy groups -OCH3 is 1. The maximum Gasteiger partial charge on any atom is 0.309 e. The normalized spacial score (nSPS) is 18.2. The number of esters is 1. The number of Topliss-reactive ketones (excluding diaryl/α,β-unsaturated/α-hetero) is 1. The zero-order valence-corrected chi connectivity index (χ0v) is 24.3. The average Bonchev–Trinajstić information content (AvgIpc) is 3.00. The van der Waals surface area contributed by atoms with Crippen molar-refractivity contribution in [2.24, 2.45) is 5.92 Å². The van der Waals surface area contributed by atoms with Crippen molar-refractivity contribution in [3.63, 3.8) is 0 Å². The average molecular weight is 572 g/mol. The van der Waals surface area contributed by atoms with E-state index in [1.165, 1.54) is 28.4 Å². The predicted octanol–water partition coefficient (Wildman–Crippen LogP) is 3.66. The predicted molar refractivity (Wildman–Crippen MR) is 153 cm³/mol. The fourth-order valence-corrected chi connectivity index (χ4v) is 7.03. The molecule has 218 valence electrons. The van der Waals surface area contributed by atoms with Crippen LogP contribution >= 0.6 is 0 Å². The summed E-state index contributed by atoms with van der Waals surface area (Å²) in [5, 5.41) is 3.33. The number of rotatable bonds is 12. The number of carbonyl (C=O) groups is 2. The minimum Gasteiger partial charge on any atom is -0.497 e.